The van der Waals surface area contributed by atoms with Crippen LogP contribution in [-0.4, -0.2) is 56.1 Å². The number of hydrogen-bond acceptors (Lipinski definition) is 5. The van der Waals surface area contributed by atoms with Gasteiger partial charge < -0.3 is 19.8 Å². The van der Waals surface area contributed by atoms with Crippen molar-refractivity contribution in [1.29, 1.82) is 0 Å². The molecule has 2 amide bonds. The zero-order chi connectivity index (χ0) is 20.8. The number of furan rings is 1. The van der Waals surface area contributed by atoms with Crippen molar-refractivity contribution in [2.75, 3.05) is 33.3 Å². The molecule has 1 aliphatic heterocycles. The van der Waals surface area contributed by atoms with E-state index in [0.29, 0.717) is 35.5 Å². The molecule has 0 radical (unpaired) electrons. The van der Waals surface area contributed by atoms with Gasteiger partial charge in [-0.15, -0.1) is 0 Å². The van der Waals surface area contributed by atoms with Gasteiger partial charge in [0.05, 0.1) is 29.2 Å². The Morgan fingerprint density at radius 3 is 2.79 bits per heavy atom. The smallest absolute Gasteiger partial charge is 0.286 e. The van der Waals surface area contributed by atoms with Crippen LogP contribution in [0.1, 0.15) is 21.9 Å². The second kappa shape index (κ2) is 10.1. The fraction of sp³-hybridized carbons (Fsp3) is 0.400. The van der Waals surface area contributed by atoms with E-state index in [2.05, 4.69) is 15.5 Å². The zero-order valence-electron chi connectivity index (χ0n) is 16.0. The first kappa shape index (κ1) is 21.6. The van der Waals surface area contributed by atoms with E-state index in [4.69, 9.17) is 32.4 Å². The Hall–Kier alpha value is -2.06. The van der Waals surface area contributed by atoms with Crippen molar-refractivity contribution in [3.63, 3.8) is 0 Å². The lowest BCUT2D eigenvalue weighted by molar-refractivity contribution is -0.122. The molecule has 9 heteroatoms. The predicted octanol–water partition coefficient (Wildman–Crippen LogP) is 2.51. The quantitative estimate of drug-likeness (QED) is 0.692. The van der Waals surface area contributed by atoms with E-state index >= 15 is 0 Å². The zero-order valence-corrected chi connectivity index (χ0v) is 17.6. The third-order valence-electron chi connectivity index (χ3n) is 4.59. The molecule has 29 heavy (non-hydrogen) atoms. The van der Waals surface area contributed by atoms with Crippen LogP contribution in [0, 0.1) is 0 Å². The minimum absolute atomic E-state index is 0.0662. The number of rotatable bonds is 7. The average Bonchev–Trinajstić information content (AvgIpc) is 3.17. The minimum Gasteiger partial charge on any atom is -0.455 e. The third-order valence-corrected chi connectivity index (χ3v) is 5.33. The highest BCUT2D eigenvalue weighted by atomic mass is 35.5. The van der Waals surface area contributed by atoms with Crippen LogP contribution in [0.4, 0.5) is 0 Å². The molecule has 156 valence electrons. The monoisotopic (exact) mass is 439 g/mol. The first-order valence-electron chi connectivity index (χ1n) is 9.30. The van der Waals surface area contributed by atoms with Crippen LogP contribution in [0.2, 0.25) is 10.0 Å². The first-order valence-corrected chi connectivity index (χ1v) is 10.1. The summed E-state index contributed by atoms with van der Waals surface area (Å²) in [6.45, 7) is 3.23. The number of ether oxygens (including phenoxy) is 1. The molecule has 2 aromatic rings. The summed E-state index contributed by atoms with van der Waals surface area (Å²) in [7, 11) is 1.52. The molecule has 0 unspecified atom stereocenters. The van der Waals surface area contributed by atoms with Crippen molar-refractivity contribution in [2.45, 2.75) is 19.1 Å². The lowest BCUT2D eigenvalue weighted by atomic mass is 10.2. The summed E-state index contributed by atoms with van der Waals surface area (Å²) in [5, 5.41) is 6.42. The highest BCUT2D eigenvalue weighted by Crippen LogP contribution is 2.23. The Labute approximate surface area is 179 Å². The lowest BCUT2D eigenvalue weighted by Gasteiger charge is -2.33. The lowest BCUT2D eigenvalue weighted by Crippen LogP contribution is -2.47. The van der Waals surface area contributed by atoms with Crippen molar-refractivity contribution in [2.24, 2.45) is 0 Å². The van der Waals surface area contributed by atoms with E-state index in [0.717, 1.165) is 18.7 Å². The van der Waals surface area contributed by atoms with E-state index in [1.165, 1.54) is 7.05 Å². The highest BCUT2D eigenvalue weighted by Gasteiger charge is 2.21. The summed E-state index contributed by atoms with van der Waals surface area (Å²) in [5.41, 5.74) is 1.08. The van der Waals surface area contributed by atoms with Crippen LogP contribution >= 0.6 is 23.2 Å². The molecule has 1 fully saturated rings. The third kappa shape index (κ3) is 6.21. The summed E-state index contributed by atoms with van der Waals surface area (Å²) < 4.78 is 11.1. The normalized spacial score (nSPS) is 17.1. The van der Waals surface area contributed by atoms with Gasteiger partial charge in [0.2, 0.25) is 5.91 Å². The molecular formula is C20H23Cl2N3O4. The Morgan fingerprint density at radius 1 is 1.21 bits per heavy atom. The van der Waals surface area contributed by atoms with Crippen LogP contribution in [0.5, 0.6) is 0 Å². The number of carbonyl (C=O) groups excluding carboxylic acids is 2. The highest BCUT2D eigenvalue weighted by molar-refractivity contribution is 6.42. The van der Waals surface area contributed by atoms with Gasteiger partial charge in [0.1, 0.15) is 5.76 Å². The van der Waals surface area contributed by atoms with Gasteiger partial charge in [-0.1, -0.05) is 29.3 Å². The van der Waals surface area contributed by atoms with E-state index in [9.17, 15) is 9.59 Å². The van der Waals surface area contributed by atoms with Gasteiger partial charge in [-0.25, -0.2) is 0 Å². The Balaban J connectivity index is 1.45. The fourth-order valence-corrected chi connectivity index (χ4v) is 3.43. The summed E-state index contributed by atoms with van der Waals surface area (Å²) in [6, 6.07) is 8.79. The van der Waals surface area contributed by atoms with Crippen molar-refractivity contribution in [3.05, 3.63) is 57.5 Å². The predicted molar refractivity (Wildman–Crippen MR) is 110 cm³/mol. The van der Waals surface area contributed by atoms with Crippen molar-refractivity contribution in [3.8, 4) is 0 Å². The van der Waals surface area contributed by atoms with Gasteiger partial charge in [0.25, 0.3) is 5.91 Å². The molecular weight excluding hydrogens is 417 g/mol. The standard InChI is InChI=1S/C20H23Cl2N3O4/c1-23-20(27)18-5-3-14(29-18)9-19(26)24-10-15-12-25(6-7-28-15)11-13-2-4-16(21)17(22)8-13/h2-5,8,15H,6-7,9-12H2,1H3,(H,23,27)(H,24,26)/t15-/m0/s1. The molecule has 2 heterocycles. The van der Waals surface area contributed by atoms with Crippen LogP contribution in [0.3, 0.4) is 0 Å². The number of halogens is 2. The Morgan fingerprint density at radius 2 is 2.03 bits per heavy atom. The molecule has 0 spiro atoms. The maximum atomic E-state index is 12.2. The number of benzene rings is 1. The van der Waals surface area contributed by atoms with Crippen LogP contribution in [0.25, 0.3) is 0 Å². The van der Waals surface area contributed by atoms with Crippen molar-refractivity contribution >= 4 is 35.0 Å². The molecule has 7 nitrogen and oxygen atoms in total. The van der Waals surface area contributed by atoms with Crippen LogP contribution in [-0.2, 0) is 22.5 Å². The maximum Gasteiger partial charge on any atom is 0.286 e. The van der Waals surface area contributed by atoms with Gasteiger partial charge in [-0.3, -0.25) is 14.5 Å². The molecule has 0 aliphatic carbocycles. The van der Waals surface area contributed by atoms with Gasteiger partial charge in [0.15, 0.2) is 5.76 Å². The number of nitrogens with zero attached hydrogens (tertiary/aromatic N) is 1. The topological polar surface area (TPSA) is 83.8 Å². The van der Waals surface area contributed by atoms with Crippen LogP contribution < -0.4 is 10.6 Å². The number of carbonyl (C=O) groups is 2. The second-order valence-electron chi connectivity index (χ2n) is 6.80. The summed E-state index contributed by atoms with van der Waals surface area (Å²) in [5.74, 6) is 0.109. The second-order valence-corrected chi connectivity index (χ2v) is 7.62. The first-order chi connectivity index (χ1) is 13.9. The largest absolute Gasteiger partial charge is 0.455 e. The Kier molecular flexibility index (Phi) is 7.55. The molecule has 0 saturated carbocycles. The van der Waals surface area contributed by atoms with E-state index in [1.54, 1.807) is 18.2 Å². The van der Waals surface area contributed by atoms with Gasteiger partial charge in [-0.05, 0) is 29.8 Å². The van der Waals surface area contributed by atoms with Gasteiger partial charge in [0, 0.05) is 33.2 Å². The molecule has 3 rings (SSSR count). The molecule has 2 N–H and O–H groups in total. The van der Waals surface area contributed by atoms with E-state index in [-0.39, 0.29) is 30.1 Å². The molecule has 1 aromatic heterocycles. The molecule has 1 aliphatic rings. The summed E-state index contributed by atoms with van der Waals surface area (Å²) >= 11 is 12.1. The van der Waals surface area contributed by atoms with Gasteiger partial charge in [-0.2, -0.15) is 0 Å². The fourth-order valence-electron chi connectivity index (χ4n) is 3.11. The molecule has 1 saturated heterocycles. The molecule has 1 atom stereocenters. The SMILES string of the molecule is CNC(=O)c1ccc(CC(=O)NC[C@H]2CN(Cc3ccc(Cl)c(Cl)c3)CCO2)o1. The van der Waals surface area contributed by atoms with E-state index in [1.807, 2.05) is 12.1 Å². The average molecular weight is 440 g/mol. The summed E-state index contributed by atoms with van der Waals surface area (Å²) in [6.07, 6.45) is -0.0371. The summed E-state index contributed by atoms with van der Waals surface area (Å²) in [4.78, 5) is 25.9. The maximum absolute atomic E-state index is 12.2. The van der Waals surface area contributed by atoms with Crippen molar-refractivity contribution < 1.29 is 18.7 Å². The molecule has 0 bridgehead atoms. The van der Waals surface area contributed by atoms with Crippen molar-refractivity contribution in [1.82, 2.24) is 15.5 Å². The number of amides is 2. The number of hydrogen-bond donors (Lipinski definition) is 2. The molecule has 1 aromatic carbocycles. The number of morpholine rings is 1. The minimum atomic E-state index is -0.325. The van der Waals surface area contributed by atoms with E-state index < -0.39 is 0 Å². The van der Waals surface area contributed by atoms with Crippen LogP contribution in [0.15, 0.2) is 34.7 Å². The Bertz CT molecular complexity index is 871. The van der Waals surface area contributed by atoms with Gasteiger partial charge >= 0.3 is 0 Å². The number of nitrogens with one attached hydrogen (secondary N) is 2.